The standard InChI is InChI=1S/C13H15N3O4S2/c1-16(2)22(19,20)12-7-5-6-11(10-12)21(17,18)15-13-8-3-4-9-14-13/h3-10H,1-2H3,(H,14,15). The summed E-state index contributed by atoms with van der Waals surface area (Å²) in [6.07, 6.45) is 1.45. The number of benzene rings is 1. The molecule has 0 fully saturated rings. The van der Waals surface area contributed by atoms with Gasteiger partial charge in [-0.05, 0) is 30.3 Å². The first-order chi connectivity index (χ1) is 10.2. The summed E-state index contributed by atoms with van der Waals surface area (Å²) >= 11 is 0. The van der Waals surface area contributed by atoms with Gasteiger partial charge in [-0.2, -0.15) is 0 Å². The van der Waals surface area contributed by atoms with Crippen LogP contribution in [-0.4, -0.2) is 40.2 Å². The Morgan fingerprint density at radius 2 is 1.64 bits per heavy atom. The average Bonchev–Trinajstić information content (AvgIpc) is 2.48. The normalized spacial score (nSPS) is 12.3. The number of nitrogens with zero attached hydrogens (tertiary/aromatic N) is 2. The number of aromatic nitrogens is 1. The van der Waals surface area contributed by atoms with Crippen LogP contribution in [0.4, 0.5) is 5.82 Å². The smallest absolute Gasteiger partial charge is 0.263 e. The predicted molar refractivity (Wildman–Crippen MR) is 82.4 cm³/mol. The molecule has 0 saturated heterocycles. The highest BCUT2D eigenvalue weighted by atomic mass is 32.2. The highest BCUT2D eigenvalue weighted by molar-refractivity contribution is 7.92. The Morgan fingerprint density at radius 1 is 0.955 bits per heavy atom. The Labute approximate surface area is 129 Å². The molecule has 2 aromatic rings. The Morgan fingerprint density at radius 3 is 2.23 bits per heavy atom. The Kier molecular flexibility index (Phi) is 4.50. The Balaban J connectivity index is 2.41. The molecule has 0 aliphatic heterocycles. The first-order valence-corrected chi connectivity index (χ1v) is 9.12. The molecule has 0 radical (unpaired) electrons. The molecule has 0 unspecified atom stereocenters. The maximum atomic E-state index is 12.3. The van der Waals surface area contributed by atoms with Crippen molar-refractivity contribution in [1.29, 1.82) is 0 Å². The topological polar surface area (TPSA) is 96.4 Å². The van der Waals surface area contributed by atoms with Gasteiger partial charge in [0.1, 0.15) is 5.82 Å². The van der Waals surface area contributed by atoms with Crippen molar-refractivity contribution < 1.29 is 16.8 Å². The third kappa shape index (κ3) is 3.43. The van der Waals surface area contributed by atoms with Gasteiger partial charge in [-0.3, -0.25) is 4.72 Å². The number of rotatable bonds is 5. The Hall–Kier alpha value is -1.97. The van der Waals surface area contributed by atoms with Crippen molar-refractivity contribution in [2.24, 2.45) is 0 Å². The summed E-state index contributed by atoms with van der Waals surface area (Å²) in [5.41, 5.74) is 0. The molecule has 1 aromatic carbocycles. The molecular weight excluding hydrogens is 326 g/mol. The summed E-state index contributed by atoms with van der Waals surface area (Å²) in [5.74, 6) is 0.156. The van der Waals surface area contributed by atoms with E-state index in [9.17, 15) is 16.8 Å². The first-order valence-electron chi connectivity index (χ1n) is 6.20. The molecule has 0 atom stereocenters. The van der Waals surface area contributed by atoms with Gasteiger partial charge in [-0.25, -0.2) is 26.1 Å². The van der Waals surface area contributed by atoms with Crippen molar-refractivity contribution in [1.82, 2.24) is 9.29 Å². The maximum Gasteiger partial charge on any atom is 0.263 e. The lowest BCUT2D eigenvalue weighted by Crippen LogP contribution is -2.22. The SMILES string of the molecule is CN(C)S(=O)(=O)c1cccc(S(=O)(=O)Nc2ccccn2)c1. The van der Waals surface area contributed by atoms with Crippen molar-refractivity contribution in [3.63, 3.8) is 0 Å². The molecule has 0 aliphatic carbocycles. The second kappa shape index (κ2) is 6.03. The van der Waals surface area contributed by atoms with Crippen LogP contribution in [0.2, 0.25) is 0 Å². The molecular formula is C13H15N3O4S2. The highest BCUT2D eigenvalue weighted by Gasteiger charge is 2.21. The number of anilines is 1. The van der Waals surface area contributed by atoms with E-state index in [4.69, 9.17) is 0 Å². The Bertz CT molecular complexity index is 863. The third-order valence-corrected chi connectivity index (χ3v) is 5.96. The quantitative estimate of drug-likeness (QED) is 0.879. The molecule has 22 heavy (non-hydrogen) atoms. The van der Waals surface area contributed by atoms with E-state index in [2.05, 4.69) is 9.71 Å². The fourth-order valence-corrected chi connectivity index (χ4v) is 3.71. The zero-order chi connectivity index (χ0) is 16.4. The molecule has 0 aliphatic rings. The number of sulfonamides is 2. The van der Waals surface area contributed by atoms with Crippen LogP contribution in [0.3, 0.4) is 0 Å². The van der Waals surface area contributed by atoms with E-state index in [1.165, 1.54) is 44.6 Å². The van der Waals surface area contributed by atoms with Gasteiger partial charge in [0.2, 0.25) is 10.0 Å². The maximum absolute atomic E-state index is 12.3. The van der Waals surface area contributed by atoms with E-state index in [1.54, 1.807) is 12.1 Å². The van der Waals surface area contributed by atoms with Gasteiger partial charge in [0.05, 0.1) is 9.79 Å². The monoisotopic (exact) mass is 341 g/mol. The van der Waals surface area contributed by atoms with E-state index in [-0.39, 0.29) is 15.6 Å². The lowest BCUT2D eigenvalue weighted by Gasteiger charge is -2.13. The van der Waals surface area contributed by atoms with Crippen LogP contribution in [-0.2, 0) is 20.0 Å². The molecule has 1 heterocycles. The molecule has 0 amide bonds. The van der Waals surface area contributed by atoms with Gasteiger partial charge in [0.25, 0.3) is 10.0 Å². The molecule has 1 N–H and O–H groups in total. The van der Waals surface area contributed by atoms with Gasteiger partial charge in [0.15, 0.2) is 0 Å². The predicted octanol–water partition coefficient (Wildman–Crippen LogP) is 1.13. The molecule has 0 saturated carbocycles. The van der Waals surface area contributed by atoms with Crippen molar-refractivity contribution in [2.45, 2.75) is 9.79 Å². The summed E-state index contributed by atoms with van der Waals surface area (Å²) in [6.45, 7) is 0. The van der Waals surface area contributed by atoms with Crippen LogP contribution in [0.5, 0.6) is 0 Å². The van der Waals surface area contributed by atoms with Crippen LogP contribution in [0.15, 0.2) is 58.5 Å². The van der Waals surface area contributed by atoms with Crippen LogP contribution in [0, 0.1) is 0 Å². The largest absolute Gasteiger partial charge is 0.263 e. The number of pyridine rings is 1. The van der Waals surface area contributed by atoms with Gasteiger partial charge < -0.3 is 0 Å². The third-order valence-electron chi connectivity index (χ3n) is 2.80. The lowest BCUT2D eigenvalue weighted by atomic mass is 10.4. The van der Waals surface area contributed by atoms with Gasteiger partial charge in [-0.15, -0.1) is 0 Å². The van der Waals surface area contributed by atoms with Gasteiger partial charge in [-0.1, -0.05) is 12.1 Å². The average molecular weight is 341 g/mol. The molecule has 0 bridgehead atoms. The van der Waals surface area contributed by atoms with Gasteiger partial charge >= 0.3 is 0 Å². The second-order valence-electron chi connectivity index (χ2n) is 4.58. The summed E-state index contributed by atoms with van der Waals surface area (Å²) in [4.78, 5) is 3.62. The molecule has 0 spiro atoms. The van der Waals surface area contributed by atoms with Gasteiger partial charge in [0, 0.05) is 20.3 Å². The van der Waals surface area contributed by atoms with Crippen LogP contribution >= 0.6 is 0 Å². The first kappa shape index (κ1) is 16.4. The number of hydrogen-bond donors (Lipinski definition) is 1. The molecule has 118 valence electrons. The minimum absolute atomic E-state index is 0.0959. The molecule has 9 heteroatoms. The van der Waals surface area contributed by atoms with Crippen LogP contribution in [0.25, 0.3) is 0 Å². The molecule has 1 aromatic heterocycles. The van der Waals surface area contributed by atoms with Crippen molar-refractivity contribution in [2.75, 3.05) is 18.8 Å². The van der Waals surface area contributed by atoms with Crippen LogP contribution in [0.1, 0.15) is 0 Å². The minimum Gasteiger partial charge on any atom is -0.263 e. The van der Waals surface area contributed by atoms with E-state index < -0.39 is 20.0 Å². The second-order valence-corrected chi connectivity index (χ2v) is 8.42. The van der Waals surface area contributed by atoms with Crippen LogP contribution < -0.4 is 4.72 Å². The number of nitrogens with one attached hydrogen (secondary N) is 1. The minimum atomic E-state index is -3.92. The van der Waals surface area contributed by atoms with E-state index in [0.29, 0.717) is 0 Å². The molecule has 2 rings (SSSR count). The van der Waals surface area contributed by atoms with E-state index >= 15 is 0 Å². The zero-order valence-corrected chi connectivity index (χ0v) is 13.6. The summed E-state index contributed by atoms with van der Waals surface area (Å²) in [6, 6.07) is 9.94. The zero-order valence-electron chi connectivity index (χ0n) is 12.0. The lowest BCUT2D eigenvalue weighted by molar-refractivity contribution is 0.520. The van der Waals surface area contributed by atoms with Crippen molar-refractivity contribution in [3.05, 3.63) is 48.7 Å². The van der Waals surface area contributed by atoms with Crippen molar-refractivity contribution >= 4 is 25.9 Å². The summed E-state index contributed by atoms with van der Waals surface area (Å²) in [7, 11) is -4.87. The van der Waals surface area contributed by atoms with Crippen molar-refractivity contribution in [3.8, 4) is 0 Å². The van der Waals surface area contributed by atoms with E-state index in [0.717, 1.165) is 10.4 Å². The fourth-order valence-electron chi connectivity index (χ4n) is 1.63. The number of hydrogen-bond acceptors (Lipinski definition) is 5. The highest BCUT2D eigenvalue weighted by Crippen LogP contribution is 2.19. The summed E-state index contributed by atoms with van der Waals surface area (Å²) < 4.78 is 52.0. The summed E-state index contributed by atoms with van der Waals surface area (Å²) in [5, 5.41) is 0. The fraction of sp³-hybridized carbons (Fsp3) is 0.154. The van der Waals surface area contributed by atoms with E-state index in [1.807, 2.05) is 0 Å². The molecule has 7 nitrogen and oxygen atoms in total.